The molecule has 0 radical (unpaired) electrons. The monoisotopic (exact) mass is 305 g/mol. The van der Waals surface area contributed by atoms with Crippen molar-refractivity contribution >= 4 is 28.1 Å². The van der Waals surface area contributed by atoms with Gasteiger partial charge in [0.15, 0.2) is 5.13 Å². The molecule has 9 heteroatoms. The van der Waals surface area contributed by atoms with Crippen molar-refractivity contribution in [3.05, 3.63) is 40.7 Å². The number of rotatable bonds is 2. The summed E-state index contributed by atoms with van der Waals surface area (Å²) in [4.78, 5) is 15.4. The van der Waals surface area contributed by atoms with Crippen molar-refractivity contribution < 1.29 is 22.4 Å². The Morgan fingerprint density at radius 2 is 2.05 bits per heavy atom. The minimum atomic E-state index is -4.84. The predicted octanol–water partition coefficient (Wildman–Crippen LogP) is 3.14. The molecule has 0 aliphatic heterocycles. The molecule has 0 aliphatic carbocycles. The van der Waals surface area contributed by atoms with Crippen LogP contribution in [-0.2, 0) is 6.18 Å². The van der Waals surface area contributed by atoms with Gasteiger partial charge in [-0.05, 0) is 18.2 Å². The first-order valence-corrected chi connectivity index (χ1v) is 6.04. The zero-order chi connectivity index (χ0) is 14.9. The number of hydrogen-bond donors (Lipinski definition) is 2. The van der Waals surface area contributed by atoms with Gasteiger partial charge >= 0.3 is 6.18 Å². The maximum absolute atomic E-state index is 13.1. The highest BCUT2D eigenvalue weighted by Gasteiger charge is 2.34. The third-order valence-corrected chi connectivity index (χ3v) is 2.96. The van der Waals surface area contributed by atoms with Gasteiger partial charge in [-0.25, -0.2) is 9.37 Å². The van der Waals surface area contributed by atoms with Crippen LogP contribution in [0.2, 0.25) is 0 Å². The highest BCUT2D eigenvalue weighted by molar-refractivity contribution is 7.13. The van der Waals surface area contributed by atoms with E-state index in [0.29, 0.717) is 12.1 Å². The van der Waals surface area contributed by atoms with Crippen LogP contribution in [-0.4, -0.2) is 10.9 Å². The van der Waals surface area contributed by atoms with Crippen LogP contribution in [0.5, 0.6) is 0 Å². The van der Waals surface area contributed by atoms with Crippen LogP contribution >= 0.6 is 11.3 Å². The van der Waals surface area contributed by atoms with Crippen molar-refractivity contribution in [2.75, 3.05) is 11.1 Å². The fourth-order valence-electron chi connectivity index (χ4n) is 1.41. The van der Waals surface area contributed by atoms with E-state index in [1.807, 2.05) is 0 Å². The molecule has 0 saturated heterocycles. The maximum Gasteiger partial charge on any atom is 0.419 e. The number of nitrogens with one attached hydrogen (secondary N) is 1. The van der Waals surface area contributed by atoms with Crippen molar-refractivity contribution in [2.45, 2.75) is 6.18 Å². The van der Waals surface area contributed by atoms with Gasteiger partial charge in [0.2, 0.25) is 0 Å². The van der Waals surface area contributed by atoms with Crippen LogP contribution in [0.3, 0.4) is 0 Å². The van der Waals surface area contributed by atoms with Gasteiger partial charge in [0.05, 0.1) is 5.56 Å². The molecule has 2 aromatic rings. The van der Waals surface area contributed by atoms with Crippen molar-refractivity contribution in [2.24, 2.45) is 0 Å². The lowest BCUT2D eigenvalue weighted by atomic mass is 10.2. The third kappa shape index (κ3) is 3.05. The summed E-state index contributed by atoms with van der Waals surface area (Å²) in [5.41, 5.74) is 3.68. The first-order valence-electron chi connectivity index (χ1n) is 5.16. The smallest absolute Gasteiger partial charge is 0.375 e. The Morgan fingerprint density at radius 1 is 1.35 bits per heavy atom. The molecule has 4 nitrogen and oxygen atoms in total. The molecule has 0 bridgehead atoms. The Labute approximate surface area is 114 Å². The number of alkyl halides is 3. The van der Waals surface area contributed by atoms with E-state index >= 15 is 0 Å². The topological polar surface area (TPSA) is 68.0 Å². The lowest BCUT2D eigenvalue weighted by molar-refractivity contribution is -0.139. The Balaban J connectivity index is 2.24. The van der Waals surface area contributed by atoms with E-state index in [-0.39, 0.29) is 16.5 Å². The molecule has 1 amide bonds. The second kappa shape index (κ2) is 5.08. The van der Waals surface area contributed by atoms with Crippen molar-refractivity contribution in [3.8, 4) is 0 Å². The number of anilines is 2. The largest absolute Gasteiger partial charge is 0.419 e. The van der Waals surface area contributed by atoms with Gasteiger partial charge in [-0.1, -0.05) is 0 Å². The van der Waals surface area contributed by atoms with E-state index in [4.69, 9.17) is 5.73 Å². The highest BCUT2D eigenvalue weighted by Crippen LogP contribution is 2.33. The molecule has 1 aromatic heterocycles. The molecule has 2 rings (SSSR count). The second-order valence-electron chi connectivity index (χ2n) is 3.72. The first kappa shape index (κ1) is 14.3. The molecule has 0 unspecified atom stereocenters. The number of amides is 1. The number of carbonyl (C=O) groups excluding carboxylic acids is 1. The Kier molecular flexibility index (Phi) is 3.62. The van der Waals surface area contributed by atoms with Crippen LogP contribution in [0.15, 0.2) is 23.6 Å². The highest BCUT2D eigenvalue weighted by atomic mass is 32.1. The van der Waals surface area contributed by atoms with Gasteiger partial charge in [0.25, 0.3) is 5.91 Å². The van der Waals surface area contributed by atoms with Gasteiger partial charge in [-0.3, -0.25) is 4.79 Å². The Bertz CT molecular complexity index is 653. The number of nitrogen functional groups attached to an aromatic ring is 1. The fourth-order valence-corrected chi connectivity index (χ4v) is 1.95. The van der Waals surface area contributed by atoms with Crippen LogP contribution in [0, 0.1) is 5.82 Å². The normalized spacial score (nSPS) is 11.4. The average molecular weight is 305 g/mol. The zero-order valence-corrected chi connectivity index (χ0v) is 10.5. The number of halogens is 4. The maximum atomic E-state index is 13.1. The van der Waals surface area contributed by atoms with Gasteiger partial charge in [0.1, 0.15) is 11.5 Å². The van der Waals surface area contributed by atoms with Crippen LogP contribution in [0.25, 0.3) is 0 Å². The minimum Gasteiger partial charge on any atom is -0.375 e. The SMILES string of the molecule is Nc1nc(C(=O)Nc2ccc(F)c(C(F)(F)F)c2)cs1. The number of aromatic nitrogens is 1. The summed E-state index contributed by atoms with van der Waals surface area (Å²) in [6.45, 7) is 0. The van der Waals surface area contributed by atoms with Crippen molar-refractivity contribution in [1.82, 2.24) is 4.98 Å². The molecule has 0 saturated carbocycles. The summed E-state index contributed by atoms with van der Waals surface area (Å²) < 4.78 is 50.6. The molecule has 0 atom stereocenters. The molecule has 0 fully saturated rings. The van der Waals surface area contributed by atoms with Gasteiger partial charge in [-0.15, -0.1) is 11.3 Å². The lowest BCUT2D eigenvalue weighted by Gasteiger charge is -2.10. The van der Waals surface area contributed by atoms with Crippen LogP contribution < -0.4 is 11.1 Å². The summed E-state index contributed by atoms with van der Waals surface area (Å²) in [6, 6.07) is 2.18. The standard InChI is InChI=1S/C11H7F4N3OS/c12-7-2-1-5(3-6(7)11(13,14)15)17-9(19)8-4-20-10(16)18-8/h1-4H,(H2,16,18)(H,17,19). The quantitative estimate of drug-likeness (QED) is 0.838. The minimum absolute atomic E-state index is 0.0228. The Hall–Kier alpha value is -2.16. The van der Waals surface area contributed by atoms with E-state index in [1.54, 1.807) is 0 Å². The fraction of sp³-hybridized carbons (Fsp3) is 0.0909. The molecular weight excluding hydrogens is 298 g/mol. The van der Waals surface area contributed by atoms with Gasteiger partial charge < -0.3 is 11.1 Å². The van der Waals surface area contributed by atoms with E-state index in [9.17, 15) is 22.4 Å². The first-order chi connectivity index (χ1) is 9.27. The van der Waals surface area contributed by atoms with E-state index in [1.165, 1.54) is 5.38 Å². The van der Waals surface area contributed by atoms with Crippen LogP contribution in [0.1, 0.15) is 16.1 Å². The van der Waals surface area contributed by atoms with Gasteiger partial charge in [0, 0.05) is 11.1 Å². The number of nitrogens with two attached hydrogens (primary N) is 1. The predicted molar refractivity (Wildman–Crippen MR) is 65.9 cm³/mol. The number of thiazole rings is 1. The summed E-state index contributed by atoms with van der Waals surface area (Å²) in [7, 11) is 0. The number of benzene rings is 1. The lowest BCUT2D eigenvalue weighted by Crippen LogP contribution is -2.14. The zero-order valence-electron chi connectivity index (χ0n) is 9.66. The van der Waals surface area contributed by atoms with Gasteiger partial charge in [-0.2, -0.15) is 13.2 Å². The molecular formula is C11H7F4N3OS. The van der Waals surface area contributed by atoms with Crippen molar-refractivity contribution in [3.63, 3.8) is 0 Å². The van der Waals surface area contributed by atoms with E-state index < -0.39 is 23.5 Å². The molecule has 20 heavy (non-hydrogen) atoms. The van der Waals surface area contributed by atoms with E-state index in [2.05, 4.69) is 10.3 Å². The average Bonchev–Trinajstić information content (AvgIpc) is 2.77. The molecule has 3 N–H and O–H groups in total. The number of carbonyl (C=O) groups is 1. The second-order valence-corrected chi connectivity index (χ2v) is 4.61. The number of hydrogen-bond acceptors (Lipinski definition) is 4. The molecule has 0 spiro atoms. The van der Waals surface area contributed by atoms with E-state index in [0.717, 1.165) is 17.4 Å². The van der Waals surface area contributed by atoms with Crippen LogP contribution in [0.4, 0.5) is 28.4 Å². The van der Waals surface area contributed by atoms with Crippen molar-refractivity contribution in [1.29, 1.82) is 0 Å². The summed E-state index contributed by atoms with van der Waals surface area (Å²) in [5, 5.41) is 3.71. The molecule has 1 heterocycles. The molecule has 0 aliphatic rings. The summed E-state index contributed by atoms with van der Waals surface area (Å²) >= 11 is 1.02. The molecule has 1 aromatic carbocycles. The Morgan fingerprint density at radius 3 is 2.60 bits per heavy atom. The summed E-state index contributed by atoms with van der Waals surface area (Å²) in [6.07, 6.45) is -4.84. The number of nitrogens with zero attached hydrogens (tertiary/aromatic N) is 1. The molecule has 106 valence electrons. The third-order valence-electron chi connectivity index (χ3n) is 2.28. The summed E-state index contributed by atoms with van der Waals surface area (Å²) in [5.74, 6) is -2.13.